The molecular weight excluding hydrogens is 528 g/mol. The number of nitriles is 2. The zero-order valence-corrected chi connectivity index (χ0v) is 25.6. The predicted molar refractivity (Wildman–Crippen MR) is 168 cm³/mol. The van der Waals surface area contributed by atoms with Gasteiger partial charge in [-0.15, -0.1) is 0 Å². The second kappa shape index (κ2) is 17.3. The molecule has 0 fully saturated rings. The molecule has 2 unspecified atom stereocenters. The molecule has 0 N–H and O–H groups in total. The fraction of sp³-hybridized carbons (Fsp3) is 0.412. The third kappa shape index (κ3) is 9.24. The van der Waals surface area contributed by atoms with Gasteiger partial charge < -0.3 is 19.3 Å². The molecule has 8 nitrogen and oxygen atoms in total. The Labute approximate surface area is 250 Å². The Balaban J connectivity index is 2.15. The van der Waals surface area contributed by atoms with E-state index in [9.17, 15) is 20.1 Å². The van der Waals surface area contributed by atoms with E-state index in [0.29, 0.717) is 24.0 Å². The van der Waals surface area contributed by atoms with Gasteiger partial charge in [0.1, 0.15) is 35.5 Å². The summed E-state index contributed by atoms with van der Waals surface area (Å²) in [4.78, 5) is 30.3. The highest BCUT2D eigenvalue weighted by Gasteiger charge is 2.28. The Morgan fingerprint density at radius 3 is 1.19 bits per heavy atom. The van der Waals surface area contributed by atoms with Crippen LogP contribution in [0.3, 0.4) is 0 Å². The van der Waals surface area contributed by atoms with E-state index in [4.69, 9.17) is 9.47 Å². The van der Waals surface area contributed by atoms with Crippen molar-refractivity contribution >= 4 is 35.5 Å². The lowest BCUT2D eigenvalue weighted by Gasteiger charge is -2.25. The first kappa shape index (κ1) is 33.6. The summed E-state index contributed by atoms with van der Waals surface area (Å²) in [5.41, 5.74) is 3.19. The molecule has 0 heterocycles. The predicted octanol–water partition coefficient (Wildman–Crippen LogP) is 6.54. The van der Waals surface area contributed by atoms with Crippen LogP contribution in [-0.4, -0.2) is 50.3 Å². The summed E-state index contributed by atoms with van der Waals surface area (Å²) in [6.07, 6.45) is 2.09. The lowest BCUT2D eigenvalue weighted by molar-refractivity contribution is -0.162. The van der Waals surface area contributed by atoms with Crippen molar-refractivity contribution in [1.29, 1.82) is 10.5 Å². The molecule has 8 heteroatoms. The normalized spacial score (nSPS) is 12.9. The van der Waals surface area contributed by atoms with E-state index in [1.54, 1.807) is 13.8 Å². The van der Waals surface area contributed by atoms with Gasteiger partial charge in [-0.05, 0) is 88.1 Å². The van der Waals surface area contributed by atoms with Crippen LogP contribution in [0.4, 0.5) is 11.4 Å². The number of benzene rings is 2. The van der Waals surface area contributed by atoms with Crippen molar-refractivity contribution in [3.8, 4) is 12.1 Å². The molecule has 0 saturated heterocycles. The van der Waals surface area contributed by atoms with Gasteiger partial charge in [0, 0.05) is 37.6 Å². The molecule has 0 aromatic heterocycles. The second-order valence-electron chi connectivity index (χ2n) is 9.57. The first-order valence-electron chi connectivity index (χ1n) is 14.6. The topological polar surface area (TPSA) is 107 Å². The van der Waals surface area contributed by atoms with Crippen LogP contribution in [0.1, 0.15) is 65.5 Å². The average Bonchev–Trinajstić information content (AvgIpc) is 3.02. The van der Waals surface area contributed by atoms with Crippen LogP contribution in [0.25, 0.3) is 12.2 Å². The molecule has 2 rings (SSSR count). The molecule has 42 heavy (non-hydrogen) atoms. The van der Waals surface area contributed by atoms with Crippen molar-refractivity contribution in [3.05, 3.63) is 70.8 Å². The lowest BCUT2D eigenvalue weighted by atomic mass is 10.1. The van der Waals surface area contributed by atoms with E-state index >= 15 is 0 Å². The summed E-state index contributed by atoms with van der Waals surface area (Å²) in [5, 5.41) is 19.3. The highest BCUT2D eigenvalue weighted by Crippen LogP contribution is 2.21. The third-order valence-corrected chi connectivity index (χ3v) is 7.08. The molecule has 222 valence electrons. The maximum absolute atomic E-state index is 12.9. The molecule has 2 atom stereocenters. The molecular formula is C34H42N4O4. The molecule has 2 aromatic rings. The van der Waals surface area contributed by atoms with Gasteiger partial charge in [-0.25, -0.2) is 9.59 Å². The fourth-order valence-electron chi connectivity index (χ4n) is 4.59. The summed E-state index contributed by atoms with van der Waals surface area (Å²) in [6.45, 7) is 15.4. The van der Waals surface area contributed by atoms with Crippen molar-refractivity contribution in [1.82, 2.24) is 0 Å². The Hall–Kier alpha value is -4.56. The number of esters is 2. The number of ether oxygens (including phenoxy) is 2. The van der Waals surface area contributed by atoms with Gasteiger partial charge >= 0.3 is 11.9 Å². The maximum Gasteiger partial charge on any atom is 0.349 e. The summed E-state index contributed by atoms with van der Waals surface area (Å²) < 4.78 is 11.3. The van der Waals surface area contributed by atoms with Gasteiger partial charge in [-0.3, -0.25) is 0 Å². The zero-order chi connectivity index (χ0) is 31.1. The summed E-state index contributed by atoms with van der Waals surface area (Å²) in [6, 6.07) is 19.0. The SMILES string of the molecule is CCC(OC(=O)/C(C#N)=C/c1ccc(N(CC)CC)cc1)C(CC)OC(=O)/C(C#N)=C/c1ccc(N(CC)CC)cc1. The minimum absolute atomic E-state index is 0.156. The highest BCUT2D eigenvalue weighted by atomic mass is 16.6. The van der Waals surface area contributed by atoms with Crippen LogP contribution in [0, 0.1) is 22.7 Å². The first-order chi connectivity index (χ1) is 20.3. The Morgan fingerprint density at radius 1 is 0.643 bits per heavy atom. The van der Waals surface area contributed by atoms with Crippen LogP contribution in [0.2, 0.25) is 0 Å². The van der Waals surface area contributed by atoms with Gasteiger partial charge in [-0.2, -0.15) is 10.5 Å². The number of nitrogens with zero attached hydrogens (tertiary/aromatic N) is 4. The Kier molecular flexibility index (Phi) is 13.9. The van der Waals surface area contributed by atoms with Crippen molar-refractivity contribution in [2.24, 2.45) is 0 Å². The number of anilines is 2. The summed E-state index contributed by atoms with van der Waals surface area (Å²) in [7, 11) is 0. The molecule has 2 aromatic carbocycles. The second-order valence-corrected chi connectivity index (χ2v) is 9.57. The highest BCUT2D eigenvalue weighted by molar-refractivity contribution is 5.99. The van der Waals surface area contributed by atoms with Gasteiger partial charge in [0.25, 0.3) is 0 Å². The summed E-state index contributed by atoms with van der Waals surface area (Å²) >= 11 is 0. The Morgan fingerprint density at radius 2 is 0.952 bits per heavy atom. The van der Waals surface area contributed by atoms with Crippen LogP contribution in [0.5, 0.6) is 0 Å². The van der Waals surface area contributed by atoms with Gasteiger partial charge in [0.2, 0.25) is 0 Å². The number of carbonyl (C=O) groups is 2. The number of hydrogen-bond acceptors (Lipinski definition) is 8. The number of carbonyl (C=O) groups excluding carboxylic acids is 2. The first-order valence-corrected chi connectivity index (χ1v) is 14.6. The van der Waals surface area contributed by atoms with E-state index in [1.165, 1.54) is 12.2 Å². The van der Waals surface area contributed by atoms with E-state index in [-0.39, 0.29) is 11.1 Å². The van der Waals surface area contributed by atoms with Crippen molar-refractivity contribution in [3.63, 3.8) is 0 Å². The van der Waals surface area contributed by atoms with Crippen LogP contribution in [-0.2, 0) is 19.1 Å². The van der Waals surface area contributed by atoms with E-state index in [1.807, 2.05) is 60.7 Å². The molecule has 0 radical (unpaired) electrons. The maximum atomic E-state index is 12.9. The molecule has 0 amide bonds. The largest absolute Gasteiger partial charge is 0.454 e. The third-order valence-electron chi connectivity index (χ3n) is 7.08. The number of rotatable bonds is 15. The monoisotopic (exact) mass is 570 g/mol. The molecule has 0 aliphatic rings. The Bertz CT molecular complexity index is 1210. The molecule has 0 bridgehead atoms. The average molecular weight is 571 g/mol. The van der Waals surface area contributed by atoms with Crippen LogP contribution >= 0.6 is 0 Å². The minimum atomic E-state index is -0.795. The van der Waals surface area contributed by atoms with Crippen LogP contribution < -0.4 is 9.80 Å². The standard InChI is InChI=1S/C34H42N4O4/c1-7-31(41-33(39)27(23-35)21-25-13-17-29(18-14-25)37(9-3)10-4)32(8-2)42-34(40)28(24-36)22-26-15-19-30(20-16-26)38(11-5)12-6/h13-22,31-32H,7-12H2,1-6H3/b27-21+,28-22+. The number of hydrogen-bond donors (Lipinski definition) is 0. The van der Waals surface area contributed by atoms with Gasteiger partial charge in [0.05, 0.1) is 0 Å². The minimum Gasteiger partial charge on any atom is -0.454 e. The van der Waals surface area contributed by atoms with Crippen molar-refractivity contribution < 1.29 is 19.1 Å². The van der Waals surface area contributed by atoms with Crippen molar-refractivity contribution in [2.45, 2.75) is 66.6 Å². The van der Waals surface area contributed by atoms with E-state index < -0.39 is 24.1 Å². The van der Waals surface area contributed by atoms with Crippen molar-refractivity contribution in [2.75, 3.05) is 36.0 Å². The summed E-state index contributed by atoms with van der Waals surface area (Å²) in [5.74, 6) is -1.59. The molecule has 0 saturated carbocycles. The van der Waals surface area contributed by atoms with Gasteiger partial charge in [-0.1, -0.05) is 38.1 Å². The molecule has 0 aliphatic carbocycles. The smallest absolute Gasteiger partial charge is 0.349 e. The fourth-order valence-corrected chi connectivity index (χ4v) is 4.59. The van der Waals surface area contributed by atoms with E-state index in [2.05, 4.69) is 37.5 Å². The van der Waals surface area contributed by atoms with E-state index in [0.717, 1.165) is 37.6 Å². The zero-order valence-electron chi connectivity index (χ0n) is 25.6. The lowest BCUT2D eigenvalue weighted by Crippen LogP contribution is -2.35. The molecule has 0 aliphatic heterocycles. The molecule has 0 spiro atoms. The van der Waals surface area contributed by atoms with Crippen LogP contribution in [0.15, 0.2) is 59.7 Å². The quantitative estimate of drug-likeness (QED) is 0.135. The van der Waals surface area contributed by atoms with Gasteiger partial charge in [0.15, 0.2) is 0 Å².